The van der Waals surface area contributed by atoms with Gasteiger partial charge in [-0.3, -0.25) is 19.3 Å². The number of imide groups is 1. The van der Waals surface area contributed by atoms with Gasteiger partial charge in [-0.05, 0) is 36.4 Å². The Hall–Kier alpha value is -3.30. The molecule has 3 amide bonds. The fourth-order valence-electron chi connectivity index (χ4n) is 3.03. The number of fused-ring (bicyclic) bond motifs is 1. The van der Waals surface area contributed by atoms with Crippen LogP contribution in [0.4, 0.5) is 5.13 Å². The summed E-state index contributed by atoms with van der Waals surface area (Å²) in [5.41, 5.74) is 0.831. The molecule has 0 saturated heterocycles. The van der Waals surface area contributed by atoms with Gasteiger partial charge >= 0.3 is 0 Å². The molecule has 10 heteroatoms. The van der Waals surface area contributed by atoms with Crippen molar-refractivity contribution in [1.82, 2.24) is 15.1 Å². The minimum absolute atomic E-state index is 0.145. The Bertz CT molecular complexity index is 1100. The molecule has 2 heterocycles. The Morgan fingerprint density at radius 1 is 1.03 bits per heavy atom. The van der Waals surface area contributed by atoms with Gasteiger partial charge in [-0.1, -0.05) is 35.1 Å². The number of carbonyl (C=O) groups is 3. The third-order valence-corrected chi connectivity index (χ3v) is 5.70. The van der Waals surface area contributed by atoms with Crippen LogP contribution in [0, 0.1) is 0 Å². The SMILES string of the molecule is O=C(CCOc1ccc(Cl)cc1)Nc1nnc(CCN2C(=O)c3ccccc3C2=O)s1. The van der Waals surface area contributed by atoms with Gasteiger partial charge in [-0.25, -0.2) is 0 Å². The zero-order chi connectivity index (χ0) is 21.8. The van der Waals surface area contributed by atoms with E-state index >= 15 is 0 Å². The molecule has 0 unspecified atom stereocenters. The molecule has 31 heavy (non-hydrogen) atoms. The molecule has 0 bridgehead atoms. The smallest absolute Gasteiger partial charge is 0.261 e. The lowest BCUT2D eigenvalue weighted by molar-refractivity contribution is -0.116. The van der Waals surface area contributed by atoms with E-state index in [4.69, 9.17) is 16.3 Å². The van der Waals surface area contributed by atoms with Crippen molar-refractivity contribution < 1.29 is 19.1 Å². The summed E-state index contributed by atoms with van der Waals surface area (Å²) in [6, 6.07) is 13.6. The monoisotopic (exact) mass is 456 g/mol. The van der Waals surface area contributed by atoms with Crippen molar-refractivity contribution in [1.29, 1.82) is 0 Å². The molecule has 158 valence electrons. The Kier molecular flexibility index (Phi) is 6.24. The van der Waals surface area contributed by atoms with Gasteiger partial charge in [-0.15, -0.1) is 10.2 Å². The van der Waals surface area contributed by atoms with Crippen LogP contribution in [0.3, 0.4) is 0 Å². The number of anilines is 1. The normalized spacial score (nSPS) is 12.7. The van der Waals surface area contributed by atoms with Gasteiger partial charge in [0.25, 0.3) is 11.8 Å². The molecular weight excluding hydrogens is 440 g/mol. The standard InChI is InChI=1S/C21H17ClN4O4S/c22-13-5-7-14(8-6-13)30-12-10-17(27)23-21-25-24-18(31-21)9-11-26-19(28)15-3-1-2-4-16(15)20(26)29/h1-8H,9-12H2,(H,23,25,27). The van der Waals surface area contributed by atoms with Gasteiger partial charge < -0.3 is 10.1 Å². The van der Waals surface area contributed by atoms with Crippen LogP contribution in [-0.2, 0) is 11.2 Å². The number of nitrogens with one attached hydrogen (secondary N) is 1. The minimum atomic E-state index is -0.306. The molecule has 0 fully saturated rings. The highest BCUT2D eigenvalue weighted by atomic mass is 35.5. The quantitative estimate of drug-likeness (QED) is 0.521. The summed E-state index contributed by atoms with van der Waals surface area (Å²) in [5.74, 6) is -0.237. The van der Waals surface area contributed by atoms with E-state index in [2.05, 4.69) is 15.5 Å². The topological polar surface area (TPSA) is 101 Å². The maximum absolute atomic E-state index is 12.4. The van der Waals surface area contributed by atoms with Crippen LogP contribution in [0.2, 0.25) is 5.02 Å². The van der Waals surface area contributed by atoms with Crippen LogP contribution in [0.5, 0.6) is 5.75 Å². The summed E-state index contributed by atoms with van der Waals surface area (Å²) in [7, 11) is 0. The van der Waals surface area contributed by atoms with E-state index in [0.29, 0.717) is 38.5 Å². The number of nitrogens with zero attached hydrogens (tertiary/aromatic N) is 3. The van der Waals surface area contributed by atoms with Gasteiger partial charge in [0.1, 0.15) is 10.8 Å². The summed E-state index contributed by atoms with van der Waals surface area (Å²) < 4.78 is 5.50. The minimum Gasteiger partial charge on any atom is -0.493 e. The number of hydrogen-bond donors (Lipinski definition) is 1. The van der Waals surface area contributed by atoms with Gasteiger partial charge in [0.2, 0.25) is 11.0 Å². The number of rotatable bonds is 8. The van der Waals surface area contributed by atoms with Gasteiger partial charge in [0.15, 0.2) is 0 Å². The zero-order valence-corrected chi connectivity index (χ0v) is 17.8. The van der Waals surface area contributed by atoms with E-state index in [1.54, 1.807) is 48.5 Å². The molecule has 1 aliphatic rings. The highest BCUT2D eigenvalue weighted by Crippen LogP contribution is 2.23. The molecule has 1 N–H and O–H groups in total. The summed E-state index contributed by atoms with van der Waals surface area (Å²) in [5, 5.41) is 12.2. The van der Waals surface area contributed by atoms with Crippen LogP contribution >= 0.6 is 22.9 Å². The Morgan fingerprint density at radius 2 is 1.71 bits per heavy atom. The number of amides is 3. The first-order chi connectivity index (χ1) is 15.0. The number of carbonyl (C=O) groups excluding carboxylic acids is 3. The third-order valence-electron chi connectivity index (χ3n) is 4.55. The lowest BCUT2D eigenvalue weighted by Crippen LogP contribution is -2.31. The van der Waals surface area contributed by atoms with Crippen LogP contribution < -0.4 is 10.1 Å². The summed E-state index contributed by atoms with van der Waals surface area (Å²) in [6.45, 7) is 0.405. The maximum atomic E-state index is 12.4. The van der Waals surface area contributed by atoms with E-state index < -0.39 is 0 Å². The number of aromatic nitrogens is 2. The predicted molar refractivity (Wildman–Crippen MR) is 116 cm³/mol. The molecule has 3 aromatic rings. The maximum Gasteiger partial charge on any atom is 0.261 e. The molecule has 0 aliphatic carbocycles. The Balaban J connectivity index is 1.24. The molecule has 0 radical (unpaired) electrons. The first-order valence-corrected chi connectivity index (χ1v) is 10.7. The average molecular weight is 457 g/mol. The molecule has 1 aromatic heterocycles. The molecule has 0 atom stereocenters. The van der Waals surface area contributed by atoms with Crippen molar-refractivity contribution >= 4 is 45.8 Å². The summed E-state index contributed by atoms with van der Waals surface area (Å²) in [6.07, 6.45) is 0.505. The van der Waals surface area contributed by atoms with Crippen molar-refractivity contribution in [2.24, 2.45) is 0 Å². The molecule has 0 saturated carbocycles. The van der Waals surface area contributed by atoms with Crippen LogP contribution in [0.1, 0.15) is 32.1 Å². The highest BCUT2D eigenvalue weighted by Gasteiger charge is 2.34. The fraction of sp³-hybridized carbons (Fsp3) is 0.190. The molecular formula is C21H17ClN4O4S. The van der Waals surface area contributed by atoms with Crippen molar-refractivity contribution in [2.45, 2.75) is 12.8 Å². The lowest BCUT2D eigenvalue weighted by Gasteiger charge is -2.12. The van der Waals surface area contributed by atoms with E-state index in [9.17, 15) is 14.4 Å². The van der Waals surface area contributed by atoms with Gasteiger partial charge in [-0.2, -0.15) is 0 Å². The summed E-state index contributed by atoms with van der Waals surface area (Å²) >= 11 is 7.02. The molecule has 0 spiro atoms. The number of hydrogen-bond acceptors (Lipinski definition) is 7. The second kappa shape index (κ2) is 9.23. The number of benzene rings is 2. The fourth-order valence-corrected chi connectivity index (χ4v) is 3.90. The van der Waals surface area contributed by atoms with Crippen molar-refractivity contribution in [2.75, 3.05) is 18.5 Å². The van der Waals surface area contributed by atoms with Crippen molar-refractivity contribution in [3.05, 3.63) is 69.7 Å². The third kappa shape index (κ3) is 4.89. The first-order valence-electron chi connectivity index (χ1n) is 9.47. The molecule has 8 nitrogen and oxygen atoms in total. The largest absolute Gasteiger partial charge is 0.493 e. The molecule has 2 aromatic carbocycles. The second-order valence-electron chi connectivity index (χ2n) is 6.66. The van der Waals surface area contributed by atoms with Gasteiger partial charge in [0, 0.05) is 18.0 Å². The van der Waals surface area contributed by atoms with Crippen molar-refractivity contribution in [3.63, 3.8) is 0 Å². The van der Waals surface area contributed by atoms with Crippen LogP contribution in [-0.4, -0.2) is 46.0 Å². The number of halogens is 1. The summed E-state index contributed by atoms with van der Waals surface area (Å²) in [4.78, 5) is 38.1. The molecule has 1 aliphatic heterocycles. The second-order valence-corrected chi connectivity index (χ2v) is 8.16. The van der Waals surface area contributed by atoms with E-state index in [1.807, 2.05) is 0 Å². The zero-order valence-electron chi connectivity index (χ0n) is 16.2. The average Bonchev–Trinajstić information content (AvgIpc) is 3.31. The van der Waals surface area contributed by atoms with E-state index in [0.717, 1.165) is 0 Å². The Morgan fingerprint density at radius 3 is 2.39 bits per heavy atom. The first kappa shape index (κ1) is 21.0. The van der Waals surface area contributed by atoms with E-state index in [-0.39, 0.29) is 37.3 Å². The lowest BCUT2D eigenvalue weighted by atomic mass is 10.1. The van der Waals surface area contributed by atoms with Crippen LogP contribution in [0.15, 0.2) is 48.5 Å². The number of ether oxygens (including phenoxy) is 1. The van der Waals surface area contributed by atoms with Gasteiger partial charge in [0.05, 0.1) is 24.2 Å². The van der Waals surface area contributed by atoms with E-state index in [1.165, 1.54) is 16.2 Å². The highest BCUT2D eigenvalue weighted by molar-refractivity contribution is 7.15. The molecule has 4 rings (SSSR count). The van der Waals surface area contributed by atoms with Crippen molar-refractivity contribution in [3.8, 4) is 5.75 Å². The van der Waals surface area contributed by atoms with Crippen LogP contribution in [0.25, 0.3) is 0 Å². The Labute approximate surface area is 186 Å². The predicted octanol–water partition coefficient (Wildman–Crippen LogP) is 3.44.